The topological polar surface area (TPSA) is 54.6 Å². The Balaban J connectivity index is 1.67. The minimum atomic E-state index is 0.428. The normalized spacial score (nSPS) is 15.5. The first-order valence-electron chi connectivity index (χ1n) is 9.42. The molecular weight excluding hydrogens is 365 g/mol. The molecule has 0 saturated heterocycles. The van der Waals surface area contributed by atoms with Crippen molar-refractivity contribution in [2.24, 2.45) is 17.0 Å². The molecule has 28 heavy (non-hydrogen) atoms. The first-order chi connectivity index (χ1) is 13.6. The minimum Gasteiger partial charge on any atom is -0.331 e. The largest absolute Gasteiger partial charge is 0.331 e. The Kier molecular flexibility index (Phi) is 5.44. The van der Waals surface area contributed by atoms with Gasteiger partial charge in [0.05, 0.1) is 11.9 Å². The molecule has 1 N–H and O–H groups in total. The van der Waals surface area contributed by atoms with Crippen molar-refractivity contribution in [1.82, 2.24) is 14.9 Å². The highest BCUT2D eigenvalue weighted by atomic mass is 32.1. The average Bonchev–Trinajstić information content (AvgIpc) is 3.24. The molecule has 7 heteroatoms. The number of benzene rings is 1. The molecule has 5 nitrogen and oxygen atoms in total. The molecule has 0 atom stereocenters. The summed E-state index contributed by atoms with van der Waals surface area (Å²) >= 11 is 1.47. The van der Waals surface area contributed by atoms with E-state index in [-0.39, 0.29) is 0 Å². The van der Waals surface area contributed by atoms with Crippen molar-refractivity contribution in [3.05, 3.63) is 54.6 Å². The number of aryl methyl sites for hydroxylation is 1. The molecule has 0 spiro atoms. The van der Waals surface area contributed by atoms with E-state index in [0.29, 0.717) is 11.9 Å². The summed E-state index contributed by atoms with van der Waals surface area (Å²) in [6.45, 7) is 1.98. The maximum absolute atomic E-state index is 6.27. The Morgan fingerprint density at radius 3 is 2.71 bits per heavy atom. The molecular formula is C21H22BN5S. The average molecular weight is 387 g/mol. The van der Waals surface area contributed by atoms with Crippen LogP contribution in [0.2, 0.25) is 0 Å². The molecule has 1 saturated carbocycles. The smallest absolute Gasteiger partial charge is 0.176 e. The lowest BCUT2D eigenvalue weighted by Gasteiger charge is -2.22. The first-order valence-corrected chi connectivity index (χ1v) is 10.2. The number of thiophene rings is 1. The monoisotopic (exact) mass is 387 g/mol. The molecule has 140 valence electrons. The molecule has 3 aromatic rings. The van der Waals surface area contributed by atoms with E-state index >= 15 is 0 Å². The van der Waals surface area contributed by atoms with Gasteiger partial charge in [0.15, 0.2) is 11.7 Å². The lowest BCUT2D eigenvalue weighted by Crippen LogP contribution is -2.33. The summed E-state index contributed by atoms with van der Waals surface area (Å²) in [5.74, 6) is 2.30. The number of hydrogen-bond donors (Lipinski definition) is 1. The third-order valence-electron chi connectivity index (χ3n) is 4.84. The highest BCUT2D eigenvalue weighted by Crippen LogP contribution is 2.28. The van der Waals surface area contributed by atoms with Crippen LogP contribution in [0.1, 0.15) is 32.0 Å². The van der Waals surface area contributed by atoms with Gasteiger partial charge in [0, 0.05) is 19.4 Å². The van der Waals surface area contributed by atoms with E-state index in [1.54, 1.807) is 6.20 Å². The molecule has 1 aliphatic carbocycles. The number of hydrogen-bond acceptors (Lipinski definition) is 4. The van der Waals surface area contributed by atoms with E-state index in [0.717, 1.165) is 45.4 Å². The highest BCUT2D eigenvalue weighted by molar-refractivity contribution is 7.24. The van der Waals surface area contributed by atoms with Crippen molar-refractivity contribution in [2.75, 3.05) is 0 Å². The fourth-order valence-corrected chi connectivity index (χ4v) is 3.95. The van der Waals surface area contributed by atoms with E-state index in [1.165, 1.54) is 17.8 Å². The summed E-state index contributed by atoms with van der Waals surface area (Å²) in [6.07, 6.45) is 7.26. The number of aromatic nitrogens is 2. The molecule has 2 heterocycles. The van der Waals surface area contributed by atoms with Gasteiger partial charge in [0.2, 0.25) is 0 Å². The fraction of sp³-hybridized carbons (Fsp3) is 0.286. The predicted octanol–water partition coefficient (Wildman–Crippen LogP) is 3.58. The number of amidine groups is 2. The molecule has 1 aliphatic rings. The second-order valence-corrected chi connectivity index (χ2v) is 8.04. The zero-order valence-electron chi connectivity index (χ0n) is 16.1. The number of imidazole rings is 1. The highest BCUT2D eigenvalue weighted by Gasteiger charge is 2.17. The van der Waals surface area contributed by atoms with Gasteiger partial charge in [-0.3, -0.25) is 4.99 Å². The van der Waals surface area contributed by atoms with Crippen LogP contribution in [-0.4, -0.2) is 35.1 Å². The van der Waals surface area contributed by atoms with E-state index in [2.05, 4.69) is 22.4 Å². The summed E-state index contributed by atoms with van der Waals surface area (Å²) < 4.78 is 2.70. The number of nitrogens with one attached hydrogen (secondary N) is 1. The fourth-order valence-electron chi connectivity index (χ4n) is 3.12. The molecule has 2 aromatic heterocycles. The SMILES string of the molecule is [B]c1sc(/N=C(\NC(C)=NC2CCC2)c2nccn2C)cc1-c1ccccc1. The lowest BCUT2D eigenvalue weighted by molar-refractivity contribution is 0.419. The Hall–Kier alpha value is -2.67. The van der Waals surface area contributed by atoms with Crippen LogP contribution in [0.15, 0.2) is 58.8 Å². The van der Waals surface area contributed by atoms with Gasteiger partial charge in [-0.2, -0.15) is 0 Å². The van der Waals surface area contributed by atoms with E-state index < -0.39 is 0 Å². The van der Waals surface area contributed by atoms with Gasteiger partial charge in [-0.25, -0.2) is 9.98 Å². The Morgan fingerprint density at radius 2 is 2.07 bits per heavy atom. The summed E-state index contributed by atoms with van der Waals surface area (Å²) in [6, 6.07) is 12.6. The predicted molar refractivity (Wildman–Crippen MR) is 118 cm³/mol. The van der Waals surface area contributed by atoms with Crippen LogP contribution in [0, 0.1) is 0 Å². The van der Waals surface area contributed by atoms with E-state index in [4.69, 9.17) is 17.8 Å². The van der Waals surface area contributed by atoms with Crippen molar-refractivity contribution in [2.45, 2.75) is 32.2 Å². The Bertz CT molecular complexity index is 1010. The molecule has 1 aromatic carbocycles. The van der Waals surface area contributed by atoms with Crippen molar-refractivity contribution in [1.29, 1.82) is 0 Å². The summed E-state index contributed by atoms with van der Waals surface area (Å²) in [7, 11) is 8.23. The summed E-state index contributed by atoms with van der Waals surface area (Å²) in [5, 5.41) is 4.19. The summed E-state index contributed by atoms with van der Waals surface area (Å²) in [4.78, 5) is 14.0. The molecule has 0 bridgehead atoms. The van der Waals surface area contributed by atoms with Gasteiger partial charge >= 0.3 is 0 Å². The minimum absolute atomic E-state index is 0.428. The summed E-state index contributed by atoms with van der Waals surface area (Å²) in [5.41, 5.74) is 2.09. The van der Waals surface area contributed by atoms with E-state index in [1.807, 2.05) is 49.0 Å². The van der Waals surface area contributed by atoms with E-state index in [9.17, 15) is 0 Å². The quantitative estimate of drug-likeness (QED) is 0.423. The van der Waals surface area contributed by atoms with Gasteiger partial charge in [0.25, 0.3) is 0 Å². The van der Waals surface area contributed by atoms with Crippen molar-refractivity contribution in [3.8, 4) is 11.1 Å². The standard InChI is InChI=1S/C21H22BN5S/c1-14(24-16-9-6-10-16)25-20(21-23-11-12-27(21)2)26-18-13-17(19(22)28-18)15-7-4-3-5-8-15/h3-5,7-8,11-13,16H,6,9-10H2,1-2H3,(H,24,25,26). The zero-order chi connectivity index (χ0) is 19.5. The first kappa shape index (κ1) is 18.7. The Labute approximate surface area is 170 Å². The third-order valence-corrected chi connectivity index (χ3v) is 5.70. The molecule has 2 radical (unpaired) electrons. The van der Waals surface area contributed by atoms with Gasteiger partial charge in [0.1, 0.15) is 12.8 Å². The van der Waals surface area contributed by atoms with Crippen LogP contribution >= 0.6 is 11.3 Å². The molecule has 0 amide bonds. The van der Waals surface area contributed by atoms with Crippen molar-refractivity contribution < 1.29 is 0 Å². The van der Waals surface area contributed by atoms with Gasteiger partial charge < -0.3 is 9.88 Å². The number of aliphatic imine (C=N–C) groups is 2. The van der Waals surface area contributed by atoms with Crippen LogP contribution in [0.3, 0.4) is 0 Å². The number of nitrogens with zero attached hydrogens (tertiary/aromatic N) is 4. The maximum atomic E-state index is 6.27. The number of rotatable bonds is 4. The van der Waals surface area contributed by atoms with Crippen LogP contribution in [-0.2, 0) is 7.05 Å². The second kappa shape index (κ2) is 8.14. The van der Waals surface area contributed by atoms with Gasteiger partial charge in [-0.1, -0.05) is 30.3 Å². The van der Waals surface area contributed by atoms with Crippen molar-refractivity contribution in [3.63, 3.8) is 0 Å². The maximum Gasteiger partial charge on any atom is 0.176 e. The molecule has 0 unspecified atom stereocenters. The van der Waals surface area contributed by atoms with Crippen molar-refractivity contribution >= 4 is 40.6 Å². The zero-order valence-corrected chi connectivity index (χ0v) is 16.9. The van der Waals surface area contributed by atoms with Crippen LogP contribution in [0.25, 0.3) is 11.1 Å². The third kappa shape index (κ3) is 4.09. The van der Waals surface area contributed by atoms with Crippen LogP contribution < -0.4 is 10.1 Å². The van der Waals surface area contributed by atoms with Crippen LogP contribution in [0.5, 0.6) is 0 Å². The molecule has 0 aliphatic heterocycles. The molecule has 4 rings (SSSR count). The van der Waals surface area contributed by atoms with Crippen LogP contribution in [0.4, 0.5) is 5.00 Å². The lowest BCUT2D eigenvalue weighted by atomic mass is 9.94. The Morgan fingerprint density at radius 1 is 1.29 bits per heavy atom. The van der Waals surface area contributed by atoms with Gasteiger partial charge in [-0.05, 0) is 48.2 Å². The molecule has 1 fully saturated rings. The van der Waals surface area contributed by atoms with Gasteiger partial charge in [-0.15, -0.1) is 11.3 Å². The second-order valence-electron chi connectivity index (χ2n) is 6.97.